The fourth-order valence-corrected chi connectivity index (χ4v) is 4.68. The van der Waals surface area contributed by atoms with Crippen LogP contribution in [-0.2, 0) is 21.5 Å². The third-order valence-electron chi connectivity index (χ3n) is 6.47. The molecule has 1 fully saturated rings. The van der Waals surface area contributed by atoms with Gasteiger partial charge in [0.05, 0.1) is 0 Å². The second-order valence-electron chi connectivity index (χ2n) is 8.36. The molecule has 0 atom stereocenters. The van der Waals surface area contributed by atoms with Gasteiger partial charge >= 0.3 is 5.97 Å². The van der Waals surface area contributed by atoms with E-state index in [1.807, 2.05) is 60.7 Å². The molecule has 3 aromatic rings. The normalized spacial score (nSPS) is 15.5. The van der Waals surface area contributed by atoms with E-state index in [9.17, 15) is 4.79 Å². The van der Waals surface area contributed by atoms with Gasteiger partial charge in [0.25, 0.3) is 0 Å². The number of rotatable bonds is 7. The van der Waals surface area contributed by atoms with Crippen molar-refractivity contribution >= 4 is 5.97 Å². The molecule has 0 spiro atoms. The Balaban J connectivity index is 1.48. The summed E-state index contributed by atoms with van der Waals surface area (Å²) in [6, 6.07) is 30.7. The fourth-order valence-electron chi connectivity index (χ4n) is 4.68. The van der Waals surface area contributed by atoms with Crippen molar-refractivity contribution in [1.29, 1.82) is 0 Å². The van der Waals surface area contributed by atoms with Gasteiger partial charge in [-0.15, -0.1) is 0 Å². The van der Waals surface area contributed by atoms with E-state index in [0.29, 0.717) is 6.42 Å². The SMILES string of the molecule is CCC(C(=O)OC1CCN(Cc2ccccc2)CC1)(c1ccccc1)c1ccccc1. The lowest BCUT2D eigenvalue weighted by atomic mass is 9.72. The van der Waals surface area contributed by atoms with Crippen LogP contribution in [-0.4, -0.2) is 30.1 Å². The van der Waals surface area contributed by atoms with Gasteiger partial charge in [-0.1, -0.05) is 97.9 Å². The lowest BCUT2D eigenvalue weighted by Gasteiger charge is -2.36. The maximum atomic E-state index is 13.7. The third-order valence-corrected chi connectivity index (χ3v) is 6.47. The van der Waals surface area contributed by atoms with Crippen molar-refractivity contribution in [3.63, 3.8) is 0 Å². The largest absolute Gasteiger partial charge is 0.461 e. The van der Waals surface area contributed by atoms with Crippen LogP contribution in [0.5, 0.6) is 0 Å². The van der Waals surface area contributed by atoms with E-state index in [0.717, 1.165) is 43.6 Å². The zero-order valence-electron chi connectivity index (χ0n) is 18.2. The van der Waals surface area contributed by atoms with Crippen molar-refractivity contribution in [3.05, 3.63) is 108 Å². The molecule has 1 heterocycles. The molecule has 31 heavy (non-hydrogen) atoms. The van der Waals surface area contributed by atoms with Gasteiger partial charge in [0.2, 0.25) is 0 Å². The molecule has 0 amide bonds. The van der Waals surface area contributed by atoms with Crippen LogP contribution in [0.4, 0.5) is 0 Å². The highest BCUT2D eigenvalue weighted by atomic mass is 16.5. The summed E-state index contributed by atoms with van der Waals surface area (Å²) in [7, 11) is 0. The minimum absolute atomic E-state index is 0.0297. The van der Waals surface area contributed by atoms with Gasteiger partial charge in [-0.05, 0) is 36.0 Å². The first kappa shape index (κ1) is 21.3. The molecule has 0 radical (unpaired) electrons. The topological polar surface area (TPSA) is 29.5 Å². The molecule has 160 valence electrons. The van der Waals surface area contributed by atoms with Crippen molar-refractivity contribution in [2.75, 3.05) is 13.1 Å². The Morgan fingerprint density at radius 3 is 1.81 bits per heavy atom. The molecule has 1 aliphatic heterocycles. The van der Waals surface area contributed by atoms with Gasteiger partial charge in [-0.3, -0.25) is 9.69 Å². The van der Waals surface area contributed by atoms with Crippen LogP contribution in [0.15, 0.2) is 91.0 Å². The molecule has 4 rings (SSSR count). The fraction of sp³-hybridized carbons (Fsp3) is 0.321. The second kappa shape index (κ2) is 9.93. The van der Waals surface area contributed by atoms with Gasteiger partial charge in [-0.25, -0.2) is 0 Å². The van der Waals surface area contributed by atoms with E-state index in [1.54, 1.807) is 0 Å². The van der Waals surface area contributed by atoms with Crippen LogP contribution in [0, 0.1) is 0 Å². The highest BCUT2D eigenvalue weighted by Crippen LogP contribution is 2.38. The summed E-state index contributed by atoms with van der Waals surface area (Å²) in [4.78, 5) is 16.1. The van der Waals surface area contributed by atoms with Crippen molar-refractivity contribution < 1.29 is 9.53 Å². The molecule has 1 aliphatic rings. The Bertz CT molecular complexity index is 909. The average Bonchev–Trinajstić information content (AvgIpc) is 2.83. The first-order valence-electron chi connectivity index (χ1n) is 11.3. The highest BCUT2D eigenvalue weighted by Gasteiger charge is 2.43. The number of ether oxygens (including phenoxy) is 1. The third kappa shape index (κ3) is 4.72. The average molecular weight is 414 g/mol. The zero-order valence-corrected chi connectivity index (χ0v) is 18.2. The number of carbonyl (C=O) groups is 1. The van der Waals surface area contributed by atoms with Crippen LogP contribution in [0.2, 0.25) is 0 Å². The van der Waals surface area contributed by atoms with Crippen molar-refractivity contribution in [2.45, 2.75) is 44.2 Å². The van der Waals surface area contributed by atoms with Crippen LogP contribution in [0.1, 0.15) is 42.9 Å². The Morgan fingerprint density at radius 1 is 0.839 bits per heavy atom. The van der Waals surface area contributed by atoms with Crippen molar-refractivity contribution in [1.82, 2.24) is 4.90 Å². The molecular formula is C28H31NO2. The highest BCUT2D eigenvalue weighted by molar-refractivity contribution is 5.87. The number of nitrogens with zero attached hydrogens (tertiary/aromatic N) is 1. The van der Waals surface area contributed by atoms with Crippen molar-refractivity contribution in [3.8, 4) is 0 Å². The summed E-state index contributed by atoms with van der Waals surface area (Å²) in [5.41, 5.74) is 2.55. The van der Waals surface area contributed by atoms with Gasteiger partial charge in [-0.2, -0.15) is 0 Å². The minimum Gasteiger partial charge on any atom is -0.461 e. The second-order valence-corrected chi connectivity index (χ2v) is 8.36. The predicted molar refractivity (Wildman–Crippen MR) is 125 cm³/mol. The molecule has 3 aromatic carbocycles. The maximum Gasteiger partial charge on any atom is 0.321 e. The van der Waals surface area contributed by atoms with Crippen LogP contribution >= 0.6 is 0 Å². The summed E-state index contributed by atoms with van der Waals surface area (Å²) >= 11 is 0. The quantitative estimate of drug-likeness (QED) is 0.473. The minimum atomic E-state index is -0.774. The number of benzene rings is 3. The molecule has 3 heteroatoms. The Hall–Kier alpha value is -2.91. The summed E-state index contributed by atoms with van der Waals surface area (Å²) < 4.78 is 6.19. The smallest absolute Gasteiger partial charge is 0.321 e. The maximum absolute atomic E-state index is 13.7. The summed E-state index contributed by atoms with van der Waals surface area (Å²) in [6.45, 7) is 4.92. The molecule has 3 nitrogen and oxygen atoms in total. The Morgan fingerprint density at radius 2 is 1.32 bits per heavy atom. The lowest BCUT2D eigenvalue weighted by Crippen LogP contribution is -2.43. The van der Waals surface area contributed by atoms with E-state index in [1.165, 1.54) is 5.56 Å². The van der Waals surface area contributed by atoms with Crippen LogP contribution in [0.3, 0.4) is 0 Å². The molecule has 0 saturated carbocycles. The molecule has 0 unspecified atom stereocenters. The molecule has 0 N–H and O–H groups in total. The van der Waals surface area contributed by atoms with E-state index in [4.69, 9.17) is 4.74 Å². The first-order chi connectivity index (χ1) is 15.2. The first-order valence-corrected chi connectivity index (χ1v) is 11.3. The van der Waals surface area contributed by atoms with Gasteiger partial charge in [0.1, 0.15) is 11.5 Å². The van der Waals surface area contributed by atoms with Gasteiger partial charge in [0, 0.05) is 19.6 Å². The number of hydrogen-bond acceptors (Lipinski definition) is 3. The van der Waals surface area contributed by atoms with E-state index >= 15 is 0 Å². The Labute approximate surface area is 185 Å². The van der Waals surface area contributed by atoms with Gasteiger partial charge < -0.3 is 4.74 Å². The molecule has 0 aromatic heterocycles. The molecule has 1 saturated heterocycles. The molecule has 0 bridgehead atoms. The van der Waals surface area contributed by atoms with E-state index < -0.39 is 5.41 Å². The van der Waals surface area contributed by atoms with Crippen molar-refractivity contribution in [2.24, 2.45) is 0 Å². The van der Waals surface area contributed by atoms with Crippen LogP contribution in [0.25, 0.3) is 0 Å². The standard InChI is InChI=1S/C28H31NO2/c1-2-28(24-14-8-4-9-15-24,25-16-10-5-11-17-25)27(30)31-26-18-20-29(21-19-26)22-23-12-6-3-7-13-23/h3-17,26H,2,18-22H2,1H3. The monoisotopic (exact) mass is 413 g/mol. The van der Waals surface area contributed by atoms with E-state index in [2.05, 4.69) is 42.2 Å². The van der Waals surface area contributed by atoms with E-state index in [-0.39, 0.29) is 12.1 Å². The number of hydrogen-bond donors (Lipinski definition) is 0. The molecule has 0 aliphatic carbocycles. The zero-order chi connectivity index (χ0) is 21.5. The number of carbonyl (C=O) groups excluding carboxylic acids is 1. The lowest BCUT2D eigenvalue weighted by molar-refractivity contribution is -0.157. The van der Waals surface area contributed by atoms with Gasteiger partial charge in [0.15, 0.2) is 0 Å². The van der Waals surface area contributed by atoms with Crippen LogP contribution < -0.4 is 0 Å². The Kier molecular flexibility index (Phi) is 6.83. The predicted octanol–water partition coefficient (Wildman–Crippen LogP) is 5.59. The summed E-state index contributed by atoms with van der Waals surface area (Å²) in [5, 5.41) is 0. The summed E-state index contributed by atoms with van der Waals surface area (Å²) in [5.74, 6) is -0.131. The number of likely N-dealkylation sites (tertiary alicyclic amines) is 1. The molecular weight excluding hydrogens is 382 g/mol. The number of esters is 1. The number of piperidine rings is 1. The summed E-state index contributed by atoms with van der Waals surface area (Å²) in [6.07, 6.45) is 2.38.